The van der Waals surface area contributed by atoms with Crippen LogP contribution < -0.4 is 28.7 Å². The van der Waals surface area contributed by atoms with Crippen molar-refractivity contribution in [1.29, 1.82) is 0 Å². The van der Waals surface area contributed by atoms with Gasteiger partial charge >= 0.3 is 0 Å². The highest BCUT2D eigenvalue weighted by Gasteiger charge is 2.20. The van der Waals surface area contributed by atoms with Crippen molar-refractivity contribution in [3.8, 4) is 5.75 Å². The zero-order chi connectivity index (χ0) is 18.1. The van der Waals surface area contributed by atoms with Gasteiger partial charge in [-0.1, -0.05) is 58.4 Å². The van der Waals surface area contributed by atoms with Crippen LogP contribution in [0.15, 0.2) is 53.0 Å². The fraction of sp³-hybridized carbons (Fsp3) is 0.364. The summed E-state index contributed by atoms with van der Waals surface area (Å²) in [7, 11) is 0. The molecule has 26 heavy (non-hydrogen) atoms. The van der Waals surface area contributed by atoms with Crippen LogP contribution in [0.3, 0.4) is 0 Å². The minimum atomic E-state index is 0. The third-order valence-corrected chi connectivity index (χ3v) is 5.81. The summed E-state index contributed by atoms with van der Waals surface area (Å²) in [5.41, 5.74) is 2.35. The lowest BCUT2D eigenvalue weighted by atomic mass is 10.1. The molecule has 0 saturated carbocycles. The molecule has 4 heteroatoms. The topological polar surface area (TPSA) is 9.23 Å². The molecule has 0 saturated heterocycles. The molecule has 0 aliphatic carbocycles. The highest BCUT2D eigenvalue weighted by molar-refractivity contribution is 9.10. The van der Waals surface area contributed by atoms with Crippen molar-refractivity contribution in [2.24, 2.45) is 0 Å². The van der Waals surface area contributed by atoms with Gasteiger partial charge in [0.2, 0.25) is 0 Å². The van der Waals surface area contributed by atoms with Gasteiger partial charge in [0.25, 0.3) is 0 Å². The molecule has 0 aromatic heterocycles. The predicted molar refractivity (Wildman–Crippen MR) is 112 cm³/mol. The first-order chi connectivity index (χ1) is 12.1. The first-order valence-electron chi connectivity index (χ1n) is 9.13. The van der Waals surface area contributed by atoms with E-state index in [1.54, 1.807) is 0 Å². The maximum Gasteiger partial charge on any atom is 0.137 e. The Hall–Kier alpha value is -0.850. The van der Waals surface area contributed by atoms with E-state index >= 15 is 0 Å². The van der Waals surface area contributed by atoms with Gasteiger partial charge in [0.1, 0.15) is 18.9 Å². The minimum absolute atomic E-state index is 0. The summed E-state index contributed by atoms with van der Waals surface area (Å²) in [6, 6.07) is 16.5. The zero-order valence-electron chi connectivity index (χ0n) is 15.9. The summed E-state index contributed by atoms with van der Waals surface area (Å²) in [6.07, 6.45) is 4.24. The van der Waals surface area contributed by atoms with Crippen molar-refractivity contribution in [3.63, 3.8) is 0 Å². The van der Waals surface area contributed by atoms with Crippen molar-refractivity contribution in [2.45, 2.75) is 20.8 Å². The molecule has 0 radical (unpaired) electrons. The van der Waals surface area contributed by atoms with Crippen molar-refractivity contribution < 1.29 is 33.2 Å². The van der Waals surface area contributed by atoms with Crippen molar-refractivity contribution in [3.05, 3.63) is 64.1 Å². The van der Waals surface area contributed by atoms with E-state index in [1.165, 1.54) is 11.1 Å². The Morgan fingerprint density at radius 1 is 0.885 bits per heavy atom. The van der Waals surface area contributed by atoms with Crippen LogP contribution in [0.2, 0.25) is 0 Å². The van der Waals surface area contributed by atoms with Gasteiger partial charge in [-0.2, -0.15) is 0 Å². The van der Waals surface area contributed by atoms with E-state index in [2.05, 4.69) is 85.3 Å². The smallest absolute Gasteiger partial charge is 0.137 e. The van der Waals surface area contributed by atoms with Crippen molar-refractivity contribution in [2.75, 3.05) is 32.8 Å². The monoisotopic (exact) mass is 529 g/mol. The number of quaternary nitrogens is 1. The largest absolute Gasteiger partial charge is 1.00 e. The molecule has 0 amide bonds. The third-order valence-electron chi connectivity index (χ3n) is 5.09. The Kier molecular flexibility index (Phi) is 10.5. The van der Waals surface area contributed by atoms with Crippen LogP contribution in [-0.2, 0) is 0 Å². The molecule has 0 spiro atoms. The maximum absolute atomic E-state index is 5.96. The van der Waals surface area contributed by atoms with E-state index in [1.807, 2.05) is 12.1 Å². The summed E-state index contributed by atoms with van der Waals surface area (Å²) in [5, 5.41) is 0. The quantitative estimate of drug-likeness (QED) is 0.276. The molecule has 0 aliphatic heterocycles. The van der Waals surface area contributed by atoms with Gasteiger partial charge in [0, 0.05) is 4.47 Å². The standard InChI is InChI=1S/C22H29BrNO.HI/c1-4-24(5-2,6-3)17-18-25-21-15-12-19(13-16-21)11-14-20-9-7-8-10-22(20)23;/h7-16H,4-6,17-18H2,1-3H3;1H/q+1;/p-1/b14-11+;. The number of rotatable bonds is 9. The molecule has 2 nitrogen and oxygen atoms in total. The molecular formula is C22H29BrINO. The summed E-state index contributed by atoms with van der Waals surface area (Å²) in [5.74, 6) is 0.944. The Labute approximate surface area is 184 Å². The molecule has 2 aromatic rings. The van der Waals surface area contributed by atoms with Crippen LogP contribution in [0.4, 0.5) is 0 Å². The molecule has 0 heterocycles. The molecule has 0 N–H and O–H groups in total. The van der Waals surface area contributed by atoms with Crippen LogP contribution in [0, 0.1) is 0 Å². The molecule has 2 rings (SSSR count). The van der Waals surface area contributed by atoms with E-state index in [0.29, 0.717) is 0 Å². The minimum Gasteiger partial charge on any atom is -1.00 e. The molecule has 0 atom stereocenters. The number of ether oxygens (including phenoxy) is 1. The molecule has 0 bridgehead atoms. The van der Waals surface area contributed by atoms with Gasteiger partial charge in [0.15, 0.2) is 0 Å². The summed E-state index contributed by atoms with van der Waals surface area (Å²) >= 11 is 3.57. The molecule has 0 aliphatic rings. The number of halogens is 2. The number of nitrogens with zero attached hydrogens (tertiary/aromatic N) is 1. The Bertz CT molecular complexity index is 673. The molecule has 2 aromatic carbocycles. The highest BCUT2D eigenvalue weighted by Crippen LogP contribution is 2.20. The molecule has 142 valence electrons. The van der Waals surface area contributed by atoms with Crippen LogP contribution in [0.1, 0.15) is 31.9 Å². The lowest BCUT2D eigenvalue weighted by Crippen LogP contribution is -3.00. The molecular weight excluding hydrogens is 501 g/mol. The van der Waals surface area contributed by atoms with Crippen LogP contribution in [-0.4, -0.2) is 37.3 Å². The fourth-order valence-corrected chi connectivity index (χ4v) is 3.39. The number of benzene rings is 2. The van der Waals surface area contributed by atoms with Crippen LogP contribution in [0.5, 0.6) is 5.75 Å². The molecule has 0 fully saturated rings. The average molecular weight is 530 g/mol. The van der Waals surface area contributed by atoms with Gasteiger partial charge in [-0.3, -0.25) is 0 Å². The van der Waals surface area contributed by atoms with Crippen molar-refractivity contribution >= 4 is 28.1 Å². The zero-order valence-corrected chi connectivity index (χ0v) is 19.7. The summed E-state index contributed by atoms with van der Waals surface area (Å²) in [4.78, 5) is 0. The lowest BCUT2D eigenvalue weighted by Gasteiger charge is -2.35. The fourth-order valence-electron chi connectivity index (χ4n) is 2.97. The molecule has 0 unspecified atom stereocenters. The second-order valence-corrected chi connectivity index (χ2v) is 7.14. The van der Waals surface area contributed by atoms with Crippen LogP contribution >= 0.6 is 15.9 Å². The Morgan fingerprint density at radius 3 is 2.08 bits per heavy atom. The van der Waals surface area contributed by atoms with E-state index in [0.717, 1.165) is 47.5 Å². The first kappa shape index (κ1) is 23.2. The SMILES string of the molecule is CC[N+](CC)(CC)CCOc1ccc(/C=C/c2ccccc2Br)cc1.[I-]. The Morgan fingerprint density at radius 2 is 1.50 bits per heavy atom. The number of hydrogen-bond acceptors (Lipinski definition) is 1. The van der Waals surface area contributed by atoms with E-state index in [9.17, 15) is 0 Å². The number of hydrogen-bond donors (Lipinski definition) is 0. The van der Waals surface area contributed by atoms with Gasteiger partial charge in [-0.05, 0) is 50.1 Å². The predicted octanol–water partition coefficient (Wildman–Crippen LogP) is 2.88. The van der Waals surface area contributed by atoms with Gasteiger partial charge in [-0.15, -0.1) is 0 Å². The second kappa shape index (κ2) is 11.8. The highest BCUT2D eigenvalue weighted by atomic mass is 127. The Balaban J connectivity index is 0.00000338. The van der Waals surface area contributed by atoms with Crippen LogP contribution in [0.25, 0.3) is 12.2 Å². The lowest BCUT2D eigenvalue weighted by molar-refractivity contribution is -0.923. The number of likely N-dealkylation sites (N-methyl/N-ethyl adjacent to an activating group) is 1. The summed E-state index contributed by atoms with van der Waals surface area (Å²) in [6.45, 7) is 12.1. The van der Waals surface area contributed by atoms with Gasteiger partial charge in [-0.25, -0.2) is 0 Å². The van der Waals surface area contributed by atoms with Crippen molar-refractivity contribution in [1.82, 2.24) is 0 Å². The van der Waals surface area contributed by atoms with Gasteiger partial charge in [0.05, 0.1) is 19.6 Å². The average Bonchev–Trinajstić information content (AvgIpc) is 2.66. The second-order valence-electron chi connectivity index (χ2n) is 6.29. The van der Waals surface area contributed by atoms with E-state index < -0.39 is 0 Å². The maximum atomic E-state index is 5.96. The summed E-state index contributed by atoms with van der Waals surface area (Å²) < 4.78 is 8.18. The van der Waals surface area contributed by atoms with E-state index in [-0.39, 0.29) is 24.0 Å². The third kappa shape index (κ3) is 6.71. The normalized spacial score (nSPS) is 11.4. The van der Waals surface area contributed by atoms with E-state index in [4.69, 9.17) is 4.74 Å². The van der Waals surface area contributed by atoms with Gasteiger partial charge < -0.3 is 33.2 Å². The first-order valence-corrected chi connectivity index (χ1v) is 9.92.